The summed E-state index contributed by atoms with van der Waals surface area (Å²) in [6.45, 7) is 3.71. The van der Waals surface area contributed by atoms with Crippen LogP contribution < -0.4 is 49.5 Å². The fourth-order valence-corrected chi connectivity index (χ4v) is 5.31. The number of Topliss-reactive ketones (excluding diaryl/α,β-unsaturated/α-hetero) is 1. The lowest BCUT2D eigenvalue weighted by Crippen LogP contribution is -2.63. The molecule has 2 aromatic carbocycles. The predicted molar refractivity (Wildman–Crippen MR) is 202 cm³/mol. The van der Waals surface area contributed by atoms with E-state index >= 15 is 0 Å². The van der Waals surface area contributed by atoms with Gasteiger partial charge in [0.15, 0.2) is 11.9 Å². The molecular formula is C36H54ClN9O7. The first-order valence-electron chi connectivity index (χ1n) is 17.7. The van der Waals surface area contributed by atoms with Crippen molar-refractivity contribution in [3.8, 4) is 11.1 Å². The number of amides is 5. The molecule has 17 heteroatoms. The number of aliphatic hydroxyl groups is 1. The number of hydrogen-bond donors (Lipinski definition) is 10. The first-order valence-corrected chi connectivity index (χ1v) is 18.2. The summed E-state index contributed by atoms with van der Waals surface area (Å²) >= 11 is 5.49. The number of carbonyl (C=O) groups is 6. The van der Waals surface area contributed by atoms with Crippen LogP contribution in [-0.2, 0) is 30.4 Å². The van der Waals surface area contributed by atoms with Gasteiger partial charge in [0.2, 0.25) is 17.7 Å². The molecule has 2 rings (SSSR count). The van der Waals surface area contributed by atoms with Crippen LogP contribution in [0.4, 0.5) is 0 Å². The molecule has 0 heterocycles. The molecule has 0 saturated carbocycles. The number of aryl methyl sites for hydroxylation is 1. The first kappa shape index (κ1) is 44.7. The fraction of sp³-hybridized carbons (Fsp3) is 0.500. The standard InChI is InChI=1S/C36H54ClN9O7/c1-3-4-7-22-9-11-23(12-10-22)24-13-15-25(16-14-24)32(49)42-27(17-19-39)33(50)44-29(21(2)47)35(52)46-31(41)36(53)43-26(8-5-6-18-38)34(51)45-30(40)28(48)20-37/h9-16,21,26-27,29-31,47H,3-8,17-20,38-41H2,1-2H3,(H,42,49)(H,43,53)(H,44,50)(H,45,51)(H,46,52). The van der Waals surface area contributed by atoms with Crippen LogP contribution in [0.25, 0.3) is 11.1 Å². The van der Waals surface area contributed by atoms with Crippen LogP contribution in [0, 0.1) is 0 Å². The largest absolute Gasteiger partial charge is 0.391 e. The summed E-state index contributed by atoms with van der Waals surface area (Å²) < 4.78 is 0. The molecule has 0 saturated heterocycles. The lowest BCUT2D eigenvalue weighted by atomic mass is 10.0. The summed E-state index contributed by atoms with van der Waals surface area (Å²) in [7, 11) is 0. The van der Waals surface area contributed by atoms with Crippen LogP contribution in [0.1, 0.15) is 68.3 Å². The smallest absolute Gasteiger partial charge is 0.258 e. The molecule has 0 aromatic heterocycles. The number of alkyl halides is 1. The Kier molecular flexibility index (Phi) is 19.6. The number of hydrogen-bond acceptors (Lipinski definition) is 11. The number of carbonyl (C=O) groups excluding carboxylic acids is 6. The maximum absolute atomic E-state index is 13.3. The quantitative estimate of drug-likeness (QED) is 0.0382. The zero-order valence-corrected chi connectivity index (χ0v) is 31.0. The molecule has 2 aromatic rings. The van der Waals surface area contributed by atoms with E-state index in [0.29, 0.717) is 19.4 Å². The Balaban J connectivity index is 2.06. The van der Waals surface area contributed by atoms with E-state index in [2.05, 4.69) is 45.6 Å². The Hall–Kier alpha value is -4.45. The number of halogens is 1. The van der Waals surface area contributed by atoms with E-state index in [1.807, 2.05) is 12.1 Å². The van der Waals surface area contributed by atoms with Crippen molar-refractivity contribution in [3.63, 3.8) is 0 Å². The summed E-state index contributed by atoms with van der Waals surface area (Å²) in [5.41, 5.74) is 26.2. The Bertz CT molecular complexity index is 1510. The number of rotatable bonds is 23. The lowest BCUT2D eigenvalue weighted by molar-refractivity contribution is -0.136. The second-order valence-electron chi connectivity index (χ2n) is 12.6. The minimum absolute atomic E-state index is 0.00383. The van der Waals surface area contributed by atoms with E-state index in [0.717, 1.165) is 30.4 Å². The van der Waals surface area contributed by atoms with Crippen LogP contribution in [0.2, 0.25) is 0 Å². The van der Waals surface area contributed by atoms with Gasteiger partial charge in [0.1, 0.15) is 24.3 Å². The molecule has 0 aliphatic carbocycles. The van der Waals surface area contributed by atoms with Gasteiger partial charge in [-0.2, -0.15) is 0 Å². The molecule has 53 heavy (non-hydrogen) atoms. The number of nitrogens with two attached hydrogens (primary N) is 4. The van der Waals surface area contributed by atoms with Gasteiger partial charge in [0.25, 0.3) is 11.8 Å². The molecule has 14 N–H and O–H groups in total. The van der Waals surface area contributed by atoms with E-state index in [1.165, 1.54) is 12.5 Å². The normalized spacial score (nSPS) is 14.4. The van der Waals surface area contributed by atoms with Crippen molar-refractivity contribution >= 4 is 46.9 Å². The van der Waals surface area contributed by atoms with Gasteiger partial charge < -0.3 is 54.6 Å². The van der Waals surface area contributed by atoms with Crippen LogP contribution >= 0.6 is 11.6 Å². The maximum atomic E-state index is 13.3. The molecule has 6 atom stereocenters. The highest BCUT2D eigenvalue weighted by Gasteiger charge is 2.32. The monoisotopic (exact) mass is 759 g/mol. The van der Waals surface area contributed by atoms with E-state index < -0.39 is 77.8 Å². The third kappa shape index (κ3) is 14.8. The Morgan fingerprint density at radius 3 is 1.79 bits per heavy atom. The van der Waals surface area contributed by atoms with Crippen molar-refractivity contribution in [2.45, 2.75) is 95.4 Å². The third-order valence-corrected chi connectivity index (χ3v) is 8.59. The Labute approximate surface area is 314 Å². The second-order valence-corrected chi connectivity index (χ2v) is 12.9. The predicted octanol–water partition coefficient (Wildman–Crippen LogP) is -0.767. The van der Waals surface area contributed by atoms with E-state index in [9.17, 15) is 33.9 Å². The number of unbranched alkanes of at least 4 members (excludes halogenated alkanes) is 2. The SMILES string of the molecule is CCCCc1ccc(-c2ccc(C(=O)NC(CCN)C(=O)NC(C(=O)NC(N)C(=O)NC(CCCCN)C(=O)NC(N)C(=O)CCl)C(C)O)cc2)cc1. The Morgan fingerprint density at radius 2 is 1.25 bits per heavy atom. The van der Waals surface area contributed by atoms with Gasteiger partial charge in [-0.25, -0.2) is 0 Å². The van der Waals surface area contributed by atoms with Crippen LogP contribution in [-0.4, -0.2) is 96.0 Å². The zero-order valence-electron chi connectivity index (χ0n) is 30.2. The van der Waals surface area contributed by atoms with Gasteiger partial charge in [0.05, 0.1) is 12.0 Å². The van der Waals surface area contributed by atoms with Crippen LogP contribution in [0.15, 0.2) is 48.5 Å². The molecule has 5 amide bonds. The molecule has 0 fully saturated rings. The van der Waals surface area contributed by atoms with E-state index in [-0.39, 0.29) is 24.9 Å². The summed E-state index contributed by atoms with van der Waals surface area (Å²) in [5.74, 6) is -5.26. The summed E-state index contributed by atoms with van der Waals surface area (Å²) in [4.78, 5) is 77.0. The van der Waals surface area contributed by atoms with Crippen molar-refractivity contribution in [2.24, 2.45) is 22.9 Å². The number of benzene rings is 2. The third-order valence-electron chi connectivity index (χ3n) is 8.33. The highest BCUT2D eigenvalue weighted by Crippen LogP contribution is 2.21. The molecule has 0 bridgehead atoms. The van der Waals surface area contributed by atoms with Crippen LogP contribution in [0.3, 0.4) is 0 Å². The molecule has 292 valence electrons. The molecule has 0 aliphatic heterocycles. The average Bonchev–Trinajstić information content (AvgIpc) is 3.14. The molecule has 0 aliphatic rings. The van der Waals surface area contributed by atoms with Gasteiger partial charge in [0, 0.05) is 5.56 Å². The van der Waals surface area contributed by atoms with E-state index in [1.54, 1.807) is 24.3 Å². The minimum atomic E-state index is -1.73. The van der Waals surface area contributed by atoms with Crippen molar-refractivity contribution < 1.29 is 33.9 Å². The number of nitrogens with one attached hydrogen (secondary N) is 5. The van der Waals surface area contributed by atoms with Crippen molar-refractivity contribution in [2.75, 3.05) is 19.0 Å². The van der Waals surface area contributed by atoms with Crippen molar-refractivity contribution in [1.29, 1.82) is 0 Å². The first-order chi connectivity index (χ1) is 25.3. The zero-order chi connectivity index (χ0) is 39.5. The van der Waals surface area contributed by atoms with Gasteiger partial charge in [-0.15, -0.1) is 11.6 Å². The topological polar surface area (TPSA) is 287 Å². The fourth-order valence-electron chi connectivity index (χ4n) is 5.14. The van der Waals surface area contributed by atoms with Crippen molar-refractivity contribution in [3.05, 3.63) is 59.7 Å². The molecule has 0 radical (unpaired) electrons. The summed E-state index contributed by atoms with van der Waals surface area (Å²) in [6, 6.07) is 11.1. The molecular weight excluding hydrogens is 706 g/mol. The van der Waals surface area contributed by atoms with Crippen molar-refractivity contribution in [1.82, 2.24) is 26.6 Å². The molecule has 0 spiro atoms. The number of aliphatic hydroxyl groups excluding tert-OH is 1. The highest BCUT2D eigenvalue weighted by atomic mass is 35.5. The lowest BCUT2D eigenvalue weighted by Gasteiger charge is -2.26. The van der Waals surface area contributed by atoms with Gasteiger partial charge in [-0.1, -0.05) is 49.7 Å². The van der Waals surface area contributed by atoms with E-state index in [4.69, 9.17) is 34.5 Å². The minimum Gasteiger partial charge on any atom is -0.391 e. The van der Waals surface area contributed by atoms with Crippen LogP contribution in [0.5, 0.6) is 0 Å². The molecule has 6 unspecified atom stereocenters. The Morgan fingerprint density at radius 1 is 0.679 bits per heavy atom. The summed E-state index contributed by atoms with van der Waals surface area (Å²) in [5, 5.41) is 22.3. The molecule has 16 nitrogen and oxygen atoms in total. The van der Waals surface area contributed by atoms with Gasteiger partial charge in [-0.3, -0.25) is 28.8 Å². The van der Waals surface area contributed by atoms with Gasteiger partial charge in [-0.05, 0) is 87.4 Å². The summed E-state index contributed by atoms with van der Waals surface area (Å²) in [6.07, 6.45) is -0.306. The highest BCUT2D eigenvalue weighted by molar-refractivity contribution is 6.28. The van der Waals surface area contributed by atoms with Gasteiger partial charge >= 0.3 is 0 Å². The second kappa shape index (κ2) is 23.3. The average molecular weight is 760 g/mol. The maximum Gasteiger partial charge on any atom is 0.258 e. The number of ketones is 1.